The Labute approximate surface area is 167 Å². The van der Waals surface area contributed by atoms with E-state index in [9.17, 15) is 9.90 Å². The molecule has 0 radical (unpaired) electrons. The van der Waals surface area contributed by atoms with Crippen LogP contribution in [-0.4, -0.2) is 16.7 Å². The van der Waals surface area contributed by atoms with Crippen molar-refractivity contribution in [2.24, 2.45) is 0 Å². The molecular formula is C25H28O3. The molecule has 1 atom stereocenters. The predicted molar refractivity (Wildman–Crippen MR) is 112 cm³/mol. The van der Waals surface area contributed by atoms with E-state index >= 15 is 0 Å². The highest BCUT2D eigenvalue weighted by molar-refractivity contribution is 5.93. The van der Waals surface area contributed by atoms with Gasteiger partial charge in [-0.1, -0.05) is 80.1 Å². The van der Waals surface area contributed by atoms with E-state index in [-0.39, 0.29) is 11.3 Å². The first-order chi connectivity index (χ1) is 13.6. The largest absolute Gasteiger partial charge is 0.511 e. The summed E-state index contributed by atoms with van der Waals surface area (Å²) in [6.45, 7) is 2.08. The third-order valence-corrected chi connectivity index (χ3v) is 5.23. The van der Waals surface area contributed by atoms with E-state index in [0.717, 1.165) is 24.8 Å². The van der Waals surface area contributed by atoms with E-state index in [1.54, 1.807) is 6.08 Å². The minimum absolute atomic E-state index is 0.141. The van der Waals surface area contributed by atoms with E-state index in [0.29, 0.717) is 19.3 Å². The van der Waals surface area contributed by atoms with Crippen molar-refractivity contribution in [3.63, 3.8) is 0 Å². The van der Waals surface area contributed by atoms with E-state index in [2.05, 4.69) is 19.1 Å². The van der Waals surface area contributed by atoms with Crippen LogP contribution in [0, 0.1) is 0 Å². The summed E-state index contributed by atoms with van der Waals surface area (Å²) in [6, 6.07) is 20.2. The van der Waals surface area contributed by atoms with Crippen molar-refractivity contribution >= 4 is 5.97 Å². The zero-order valence-electron chi connectivity index (χ0n) is 16.4. The SMILES string of the molecule is CCCC1(CCc2ccccc2)CC(O)=C(C=CCc2ccccc2)C(=O)O1. The number of hydrogen-bond donors (Lipinski definition) is 1. The van der Waals surface area contributed by atoms with Crippen LogP contribution in [0.15, 0.2) is 84.1 Å². The van der Waals surface area contributed by atoms with Crippen LogP contribution in [0.5, 0.6) is 0 Å². The van der Waals surface area contributed by atoms with Gasteiger partial charge in [0.15, 0.2) is 0 Å². The zero-order chi connectivity index (χ0) is 19.8. The maximum atomic E-state index is 12.7. The first-order valence-electron chi connectivity index (χ1n) is 10.0. The molecular weight excluding hydrogens is 348 g/mol. The first-order valence-corrected chi connectivity index (χ1v) is 10.0. The second-order valence-electron chi connectivity index (χ2n) is 7.44. The van der Waals surface area contributed by atoms with Crippen LogP contribution < -0.4 is 0 Å². The molecule has 3 heteroatoms. The molecule has 28 heavy (non-hydrogen) atoms. The Balaban J connectivity index is 1.71. The van der Waals surface area contributed by atoms with Gasteiger partial charge in [-0.15, -0.1) is 0 Å². The van der Waals surface area contributed by atoms with Crippen LogP contribution in [-0.2, 0) is 22.4 Å². The van der Waals surface area contributed by atoms with Crippen LogP contribution in [0.1, 0.15) is 43.7 Å². The van der Waals surface area contributed by atoms with E-state index < -0.39 is 11.6 Å². The summed E-state index contributed by atoms with van der Waals surface area (Å²) in [6.07, 6.45) is 7.85. The second kappa shape index (κ2) is 9.41. The molecule has 0 bridgehead atoms. The smallest absolute Gasteiger partial charge is 0.342 e. The maximum Gasteiger partial charge on any atom is 0.342 e. The summed E-state index contributed by atoms with van der Waals surface area (Å²) < 4.78 is 5.91. The van der Waals surface area contributed by atoms with Crippen LogP contribution in [0.2, 0.25) is 0 Å². The molecule has 2 aromatic rings. The fraction of sp³-hybridized carbons (Fsp3) is 0.320. The van der Waals surface area contributed by atoms with E-state index in [1.165, 1.54) is 5.56 Å². The van der Waals surface area contributed by atoms with Crippen molar-refractivity contribution in [2.45, 2.75) is 51.0 Å². The number of carbonyl (C=O) groups is 1. The Morgan fingerprint density at radius 3 is 2.25 bits per heavy atom. The number of ether oxygens (including phenoxy) is 1. The van der Waals surface area contributed by atoms with E-state index in [4.69, 9.17) is 4.74 Å². The van der Waals surface area contributed by atoms with Crippen molar-refractivity contribution in [1.29, 1.82) is 0 Å². The molecule has 1 aliphatic rings. The summed E-state index contributed by atoms with van der Waals surface area (Å²) in [4.78, 5) is 12.7. The molecule has 1 heterocycles. The molecule has 0 spiro atoms. The molecule has 0 saturated heterocycles. The highest BCUT2D eigenvalue weighted by atomic mass is 16.6. The fourth-order valence-corrected chi connectivity index (χ4v) is 3.77. The molecule has 0 aliphatic carbocycles. The Morgan fingerprint density at radius 2 is 1.64 bits per heavy atom. The van der Waals surface area contributed by atoms with Gasteiger partial charge in [0.25, 0.3) is 0 Å². The lowest BCUT2D eigenvalue weighted by Crippen LogP contribution is -2.40. The third-order valence-electron chi connectivity index (χ3n) is 5.23. The topological polar surface area (TPSA) is 46.5 Å². The van der Waals surface area contributed by atoms with Crippen molar-refractivity contribution in [3.8, 4) is 0 Å². The summed E-state index contributed by atoms with van der Waals surface area (Å²) in [7, 11) is 0. The van der Waals surface area contributed by atoms with E-state index in [1.807, 2.05) is 54.6 Å². The highest BCUT2D eigenvalue weighted by Gasteiger charge is 2.40. The van der Waals surface area contributed by atoms with Crippen molar-refractivity contribution < 1.29 is 14.6 Å². The monoisotopic (exact) mass is 376 g/mol. The van der Waals surface area contributed by atoms with Gasteiger partial charge in [-0.05, 0) is 42.9 Å². The summed E-state index contributed by atoms with van der Waals surface area (Å²) in [5, 5.41) is 10.6. The third kappa shape index (κ3) is 5.13. The Hall–Kier alpha value is -2.81. The first kappa shape index (κ1) is 19.9. The Kier molecular flexibility index (Phi) is 6.70. The maximum absolute atomic E-state index is 12.7. The lowest BCUT2D eigenvalue weighted by atomic mass is 9.84. The molecule has 1 N–H and O–H groups in total. The average molecular weight is 376 g/mol. The van der Waals surface area contributed by atoms with Gasteiger partial charge in [0.2, 0.25) is 0 Å². The van der Waals surface area contributed by atoms with Gasteiger partial charge in [0, 0.05) is 6.42 Å². The molecule has 146 valence electrons. The molecule has 3 nitrogen and oxygen atoms in total. The number of benzene rings is 2. The van der Waals surface area contributed by atoms with Crippen LogP contribution in [0.25, 0.3) is 0 Å². The molecule has 0 fully saturated rings. The Bertz CT molecular complexity index is 837. The Morgan fingerprint density at radius 1 is 1.00 bits per heavy atom. The second-order valence-corrected chi connectivity index (χ2v) is 7.44. The predicted octanol–water partition coefficient (Wildman–Crippen LogP) is 5.72. The number of rotatable bonds is 8. The lowest BCUT2D eigenvalue weighted by Gasteiger charge is -2.37. The molecule has 0 saturated carbocycles. The van der Waals surface area contributed by atoms with Gasteiger partial charge in [-0.25, -0.2) is 4.79 Å². The fourth-order valence-electron chi connectivity index (χ4n) is 3.77. The summed E-state index contributed by atoms with van der Waals surface area (Å²) in [5.41, 5.74) is 2.03. The summed E-state index contributed by atoms with van der Waals surface area (Å²) in [5.74, 6) is -0.281. The lowest BCUT2D eigenvalue weighted by molar-refractivity contribution is -0.160. The van der Waals surface area contributed by atoms with Crippen molar-refractivity contribution in [2.75, 3.05) is 0 Å². The number of cyclic esters (lactones) is 1. The van der Waals surface area contributed by atoms with Gasteiger partial charge in [-0.2, -0.15) is 0 Å². The minimum Gasteiger partial charge on any atom is -0.511 e. The van der Waals surface area contributed by atoms with Gasteiger partial charge < -0.3 is 9.84 Å². The molecule has 0 aromatic heterocycles. The standard InChI is InChI=1S/C25H28O3/c1-2-17-25(18-16-21-12-7-4-8-13-21)19-23(26)22(24(27)28-25)15-9-14-20-10-5-3-6-11-20/h3-13,15,26H,2,14,16-19H2,1H3. The number of aryl methyl sites for hydroxylation is 1. The number of aliphatic hydroxyl groups is 1. The zero-order valence-corrected chi connectivity index (χ0v) is 16.4. The van der Waals surface area contributed by atoms with Crippen LogP contribution in [0.3, 0.4) is 0 Å². The number of hydrogen-bond acceptors (Lipinski definition) is 3. The molecule has 1 aliphatic heterocycles. The van der Waals surface area contributed by atoms with Gasteiger partial charge in [0.05, 0.1) is 5.57 Å². The average Bonchev–Trinajstić information content (AvgIpc) is 2.70. The van der Waals surface area contributed by atoms with Crippen LogP contribution >= 0.6 is 0 Å². The minimum atomic E-state index is -0.622. The molecule has 0 amide bonds. The number of esters is 1. The van der Waals surface area contributed by atoms with Crippen molar-refractivity contribution in [3.05, 3.63) is 95.3 Å². The quantitative estimate of drug-likeness (QED) is 0.600. The number of carbonyl (C=O) groups excluding carboxylic acids is 1. The van der Waals surface area contributed by atoms with Gasteiger partial charge in [0.1, 0.15) is 11.4 Å². The number of allylic oxidation sites excluding steroid dienone is 1. The van der Waals surface area contributed by atoms with Crippen LogP contribution in [0.4, 0.5) is 0 Å². The summed E-state index contributed by atoms with van der Waals surface area (Å²) >= 11 is 0. The number of aliphatic hydroxyl groups excluding tert-OH is 1. The molecule has 2 aromatic carbocycles. The normalized spacial score (nSPS) is 19.8. The van der Waals surface area contributed by atoms with Gasteiger partial charge >= 0.3 is 5.97 Å². The molecule has 3 rings (SSSR count). The van der Waals surface area contributed by atoms with Crippen molar-refractivity contribution in [1.82, 2.24) is 0 Å². The molecule has 1 unspecified atom stereocenters. The highest BCUT2D eigenvalue weighted by Crippen LogP contribution is 2.37. The van der Waals surface area contributed by atoms with Gasteiger partial charge in [-0.3, -0.25) is 0 Å².